The van der Waals surface area contributed by atoms with Gasteiger partial charge in [-0.05, 0) is 52.2 Å². The summed E-state index contributed by atoms with van der Waals surface area (Å²) in [6.45, 7) is 0. The first-order valence-electron chi connectivity index (χ1n) is 6.15. The number of hydrogen-bond donors (Lipinski definition) is 0. The molecule has 0 atom stereocenters. The molecule has 0 heterocycles. The molecule has 0 saturated heterocycles. The normalized spacial score (nSPS) is 10.7. The van der Waals surface area contributed by atoms with Crippen molar-refractivity contribution in [3.8, 4) is 0 Å². The van der Waals surface area contributed by atoms with E-state index < -0.39 is 0 Å². The van der Waals surface area contributed by atoms with E-state index >= 15 is 0 Å². The summed E-state index contributed by atoms with van der Waals surface area (Å²) in [5.41, 5.74) is 1.41. The standard InChI is InChI=1S/C17H10ClIO/c18-15-10-9-13(11-5-1-2-6-12(11)15)17(20)14-7-3-4-8-16(14)19/h1-10H. The molecule has 0 aromatic heterocycles. The van der Waals surface area contributed by atoms with Gasteiger partial charge in [-0.3, -0.25) is 4.79 Å². The van der Waals surface area contributed by atoms with E-state index in [1.807, 2.05) is 48.5 Å². The van der Waals surface area contributed by atoms with Crippen LogP contribution in [-0.2, 0) is 0 Å². The highest BCUT2D eigenvalue weighted by Crippen LogP contribution is 2.28. The molecule has 0 aliphatic heterocycles. The van der Waals surface area contributed by atoms with E-state index in [1.54, 1.807) is 12.1 Å². The van der Waals surface area contributed by atoms with E-state index in [-0.39, 0.29) is 5.78 Å². The molecule has 1 nitrogen and oxygen atoms in total. The number of benzene rings is 3. The van der Waals surface area contributed by atoms with Gasteiger partial charge in [0.2, 0.25) is 0 Å². The van der Waals surface area contributed by atoms with Crippen LogP contribution in [-0.4, -0.2) is 5.78 Å². The zero-order chi connectivity index (χ0) is 14.1. The summed E-state index contributed by atoms with van der Waals surface area (Å²) in [5.74, 6) is 0.0304. The van der Waals surface area contributed by atoms with Gasteiger partial charge in [-0.1, -0.05) is 48.0 Å². The Kier molecular flexibility index (Phi) is 3.76. The monoisotopic (exact) mass is 392 g/mol. The second kappa shape index (κ2) is 5.54. The highest BCUT2D eigenvalue weighted by atomic mass is 127. The fourth-order valence-electron chi connectivity index (χ4n) is 2.25. The molecule has 0 amide bonds. The van der Waals surface area contributed by atoms with Crippen molar-refractivity contribution in [2.75, 3.05) is 0 Å². The molecule has 0 bridgehead atoms. The summed E-state index contributed by atoms with van der Waals surface area (Å²) < 4.78 is 0.953. The second-order valence-corrected chi connectivity index (χ2v) is 6.02. The Balaban J connectivity index is 2.23. The summed E-state index contributed by atoms with van der Waals surface area (Å²) in [5, 5.41) is 2.47. The van der Waals surface area contributed by atoms with Crippen molar-refractivity contribution >= 4 is 50.7 Å². The fraction of sp³-hybridized carbons (Fsp3) is 0. The van der Waals surface area contributed by atoms with Gasteiger partial charge in [0.05, 0.1) is 0 Å². The molecule has 0 fully saturated rings. The number of hydrogen-bond acceptors (Lipinski definition) is 1. The number of carbonyl (C=O) groups excluding carboxylic acids is 1. The minimum atomic E-state index is 0.0304. The quantitative estimate of drug-likeness (QED) is 0.426. The van der Waals surface area contributed by atoms with Crippen molar-refractivity contribution in [2.45, 2.75) is 0 Å². The third kappa shape index (κ3) is 2.34. The van der Waals surface area contributed by atoms with E-state index in [0.717, 1.165) is 19.9 Å². The Hall–Kier alpha value is -1.39. The lowest BCUT2D eigenvalue weighted by Crippen LogP contribution is -2.04. The number of halogens is 2. The zero-order valence-corrected chi connectivity index (χ0v) is 13.4. The number of ketones is 1. The third-order valence-corrected chi connectivity index (χ3v) is 4.50. The van der Waals surface area contributed by atoms with E-state index in [1.165, 1.54) is 0 Å². The Labute approximate surface area is 135 Å². The average Bonchev–Trinajstić information content (AvgIpc) is 2.48. The van der Waals surface area contributed by atoms with Gasteiger partial charge in [0.25, 0.3) is 0 Å². The Morgan fingerprint density at radius 1 is 0.800 bits per heavy atom. The molecule has 0 unspecified atom stereocenters. The van der Waals surface area contributed by atoms with Gasteiger partial charge in [-0.15, -0.1) is 0 Å². The van der Waals surface area contributed by atoms with Gasteiger partial charge in [0, 0.05) is 25.1 Å². The molecule has 20 heavy (non-hydrogen) atoms. The number of carbonyl (C=O) groups is 1. The molecule has 98 valence electrons. The average molecular weight is 393 g/mol. The minimum Gasteiger partial charge on any atom is -0.289 e. The molecular formula is C17H10ClIO. The zero-order valence-electron chi connectivity index (χ0n) is 10.4. The smallest absolute Gasteiger partial charge is 0.194 e. The summed E-state index contributed by atoms with van der Waals surface area (Å²) in [6, 6.07) is 18.9. The molecule has 0 saturated carbocycles. The Morgan fingerprint density at radius 2 is 1.45 bits per heavy atom. The first-order chi connectivity index (χ1) is 9.68. The molecular weight excluding hydrogens is 383 g/mol. The van der Waals surface area contributed by atoms with Crippen molar-refractivity contribution in [1.29, 1.82) is 0 Å². The van der Waals surface area contributed by atoms with Crippen molar-refractivity contribution in [1.82, 2.24) is 0 Å². The van der Waals surface area contributed by atoms with Gasteiger partial charge in [-0.25, -0.2) is 0 Å². The largest absolute Gasteiger partial charge is 0.289 e. The second-order valence-electron chi connectivity index (χ2n) is 4.45. The van der Waals surface area contributed by atoms with E-state index in [4.69, 9.17) is 11.6 Å². The molecule has 0 spiro atoms. The van der Waals surface area contributed by atoms with Crippen LogP contribution in [0.2, 0.25) is 5.02 Å². The maximum absolute atomic E-state index is 12.7. The Bertz CT molecular complexity index is 811. The minimum absolute atomic E-state index is 0.0304. The van der Waals surface area contributed by atoms with Crippen LogP contribution in [0.4, 0.5) is 0 Å². The van der Waals surface area contributed by atoms with Crippen LogP contribution < -0.4 is 0 Å². The van der Waals surface area contributed by atoms with Crippen molar-refractivity contribution in [2.24, 2.45) is 0 Å². The maximum atomic E-state index is 12.7. The van der Waals surface area contributed by atoms with E-state index in [0.29, 0.717) is 10.6 Å². The van der Waals surface area contributed by atoms with Crippen molar-refractivity contribution in [3.05, 3.63) is 80.4 Å². The lowest BCUT2D eigenvalue weighted by molar-refractivity contribution is 0.103. The lowest BCUT2D eigenvalue weighted by atomic mass is 9.97. The molecule has 0 aliphatic rings. The summed E-state index contributed by atoms with van der Waals surface area (Å²) in [6.07, 6.45) is 0. The van der Waals surface area contributed by atoms with Gasteiger partial charge in [0.15, 0.2) is 5.78 Å². The maximum Gasteiger partial charge on any atom is 0.194 e. The van der Waals surface area contributed by atoms with Crippen LogP contribution >= 0.6 is 34.2 Å². The first kappa shape index (κ1) is 13.6. The third-order valence-electron chi connectivity index (χ3n) is 3.23. The molecule has 3 aromatic carbocycles. The first-order valence-corrected chi connectivity index (χ1v) is 7.60. The summed E-state index contributed by atoms with van der Waals surface area (Å²) in [4.78, 5) is 12.7. The molecule has 0 aliphatic carbocycles. The van der Waals surface area contributed by atoms with E-state index in [9.17, 15) is 4.79 Å². The molecule has 3 rings (SSSR count). The van der Waals surface area contributed by atoms with Crippen LogP contribution in [0, 0.1) is 3.57 Å². The predicted molar refractivity (Wildman–Crippen MR) is 91.5 cm³/mol. The number of rotatable bonds is 2. The highest BCUT2D eigenvalue weighted by Gasteiger charge is 2.15. The van der Waals surface area contributed by atoms with Gasteiger partial charge >= 0.3 is 0 Å². The molecule has 0 N–H and O–H groups in total. The summed E-state index contributed by atoms with van der Waals surface area (Å²) >= 11 is 8.38. The van der Waals surface area contributed by atoms with E-state index in [2.05, 4.69) is 22.6 Å². The SMILES string of the molecule is O=C(c1ccccc1I)c1ccc(Cl)c2ccccc12. The van der Waals surface area contributed by atoms with Crippen LogP contribution in [0.25, 0.3) is 10.8 Å². The lowest BCUT2D eigenvalue weighted by Gasteiger charge is -2.08. The number of fused-ring (bicyclic) bond motifs is 1. The molecule has 3 heteroatoms. The van der Waals surface area contributed by atoms with Crippen LogP contribution in [0.5, 0.6) is 0 Å². The molecule has 3 aromatic rings. The summed E-state index contributed by atoms with van der Waals surface area (Å²) in [7, 11) is 0. The van der Waals surface area contributed by atoms with Gasteiger partial charge in [-0.2, -0.15) is 0 Å². The van der Waals surface area contributed by atoms with Crippen molar-refractivity contribution in [3.63, 3.8) is 0 Å². The van der Waals surface area contributed by atoms with Crippen LogP contribution in [0.3, 0.4) is 0 Å². The van der Waals surface area contributed by atoms with Crippen molar-refractivity contribution < 1.29 is 4.79 Å². The topological polar surface area (TPSA) is 17.1 Å². The molecule has 0 radical (unpaired) electrons. The highest BCUT2D eigenvalue weighted by molar-refractivity contribution is 14.1. The van der Waals surface area contributed by atoms with Crippen LogP contribution in [0.1, 0.15) is 15.9 Å². The fourth-order valence-corrected chi connectivity index (χ4v) is 3.11. The van der Waals surface area contributed by atoms with Crippen LogP contribution in [0.15, 0.2) is 60.7 Å². The van der Waals surface area contributed by atoms with Gasteiger partial charge < -0.3 is 0 Å². The van der Waals surface area contributed by atoms with Gasteiger partial charge in [0.1, 0.15) is 0 Å². The Morgan fingerprint density at radius 3 is 2.20 bits per heavy atom. The predicted octanol–water partition coefficient (Wildman–Crippen LogP) is 5.33.